The van der Waals surface area contributed by atoms with Gasteiger partial charge < -0.3 is 9.84 Å². The van der Waals surface area contributed by atoms with Crippen molar-refractivity contribution in [3.63, 3.8) is 0 Å². The maximum absolute atomic E-state index is 13.1. The first-order chi connectivity index (χ1) is 13.3. The number of aromatic carboxylic acids is 1. The van der Waals surface area contributed by atoms with E-state index in [1.807, 2.05) is 31.2 Å². The number of nitrogens with zero attached hydrogens (tertiary/aromatic N) is 1. The van der Waals surface area contributed by atoms with Crippen LogP contribution in [0.3, 0.4) is 0 Å². The topological polar surface area (TPSA) is 83.9 Å². The molecule has 1 aliphatic rings. The van der Waals surface area contributed by atoms with E-state index < -0.39 is 11.9 Å². The zero-order valence-corrected chi connectivity index (χ0v) is 15.7. The lowest BCUT2D eigenvalue weighted by Gasteiger charge is -2.18. The first-order valence-corrected chi connectivity index (χ1v) is 8.59. The molecule has 28 heavy (non-hydrogen) atoms. The molecule has 0 saturated heterocycles. The van der Waals surface area contributed by atoms with Gasteiger partial charge in [0.15, 0.2) is 0 Å². The van der Waals surface area contributed by atoms with Crippen molar-refractivity contribution in [2.24, 2.45) is 0 Å². The SMILES string of the molecule is COC(=O)C1=C(C)N(c2ccc(C)cc2)C(=O)/C1=C\c1ccc(C(=O)O)cc1. The van der Waals surface area contributed by atoms with Gasteiger partial charge in [-0.2, -0.15) is 0 Å². The molecule has 1 N–H and O–H groups in total. The molecule has 0 saturated carbocycles. The molecular formula is C22H19NO5. The molecule has 1 amide bonds. The highest BCUT2D eigenvalue weighted by Gasteiger charge is 2.37. The van der Waals surface area contributed by atoms with Crippen molar-refractivity contribution in [2.75, 3.05) is 12.0 Å². The van der Waals surface area contributed by atoms with E-state index in [1.165, 1.54) is 24.1 Å². The fourth-order valence-electron chi connectivity index (χ4n) is 3.07. The molecule has 6 nitrogen and oxygen atoms in total. The summed E-state index contributed by atoms with van der Waals surface area (Å²) in [6, 6.07) is 13.5. The predicted molar refractivity (Wildman–Crippen MR) is 105 cm³/mol. The largest absolute Gasteiger partial charge is 0.478 e. The highest BCUT2D eigenvalue weighted by molar-refractivity contribution is 6.23. The number of carboxylic acids is 1. The molecule has 0 fully saturated rings. The molecule has 0 bridgehead atoms. The number of carbonyl (C=O) groups excluding carboxylic acids is 2. The van der Waals surface area contributed by atoms with Crippen molar-refractivity contribution in [1.82, 2.24) is 0 Å². The Morgan fingerprint density at radius 3 is 2.14 bits per heavy atom. The molecule has 2 aromatic carbocycles. The Hall–Kier alpha value is -3.67. The third-order valence-electron chi connectivity index (χ3n) is 4.55. The Morgan fingerprint density at radius 2 is 1.61 bits per heavy atom. The molecular weight excluding hydrogens is 358 g/mol. The van der Waals surface area contributed by atoms with Crippen molar-refractivity contribution in [3.8, 4) is 0 Å². The van der Waals surface area contributed by atoms with Gasteiger partial charge in [-0.1, -0.05) is 29.8 Å². The number of carbonyl (C=O) groups is 3. The van der Waals surface area contributed by atoms with Crippen molar-refractivity contribution in [3.05, 3.63) is 82.1 Å². The van der Waals surface area contributed by atoms with E-state index in [4.69, 9.17) is 9.84 Å². The number of hydrogen-bond acceptors (Lipinski definition) is 4. The predicted octanol–water partition coefficient (Wildman–Crippen LogP) is 3.57. The van der Waals surface area contributed by atoms with Crippen molar-refractivity contribution < 1.29 is 24.2 Å². The van der Waals surface area contributed by atoms with Crippen molar-refractivity contribution >= 4 is 29.6 Å². The van der Waals surface area contributed by atoms with Crippen LogP contribution in [0, 0.1) is 6.92 Å². The van der Waals surface area contributed by atoms with Crippen LogP contribution in [0.25, 0.3) is 6.08 Å². The second-order valence-corrected chi connectivity index (χ2v) is 6.41. The molecule has 0 unspecified atom stereocenters. The Labute approximate surface area is 162 Å². The van der Waals surface area contributed by atoms with E-state index in [-0.39, 0.29) is 22.6 Å². The summed E-state index contributed by atoms with van der Waals surface area (Å²) in [5.41, 5.74) is 3.32. The van der Waals surface area contributed by atoms with E-state index in [0.717, 1.165) is 5.56 Å². The number of benzene rings is 2. The molecule has 6 heteroatoms. The second-order valence-electron chi connectivity index (χ2n) is 6.41. The summed E-state index contributed by atoms with van der Waals surface area (Å²) in [4.78, 5) is 38.0. The van der Waals surface area contributed by atoms with Gasteiger partial charge in [0.2, 0.25) is 0 Å². The van der Waals surface area contributed by atoms with Crippen LogP contribution in [0.2, 0.25) is 0 Å². The summed E-state index contributed by atoms with van der Waals surface area (Å²) in [6.07, 6.45) is 1.57. The van der Waals surface area contributed by atoms with Crippen molar-refractivity contribution in [1.29, 1.82) is 0 Å². The summed E-state index contributed by atoms with van der Waals surface area (Å²) in [5, 5.41) is 9.02. The van der Waals surface area contributed by atoms with Crippen LogP contribution in [0.1, 0.15) is 28.4 Å². The van der Waals surface area contributed by atoms with Gasteiger partial charge in [0.25, 0.3) is 5.91 Å². The third kappa shape index (κ3) is 3.44. The van der Waals surface area contributed by atoms with Crippen LogP contribution >= 0.6 is 0 Å². The number of methoxy groups -OCH3 is 1. The second kappa shape index (κ2) is 7.52. The smallest absolute Gasteiger partial charge is 0.340 e. The molecule has 2 aromatic rings. The van der Waals surface area contributed by atoms with Crippen LogP contribution < -0.4 is 4.90 Å². The molecule has 0 aromatic heterocycles. The van der Waals surface area contributed by atoms with Crippen molar-refractivity contribution in [2.45, 2.75) is 13.8 Å². The summed E-state index contributed by atoms with van der Waals surface area (Å²) in [6.45, 7) is 3.64. The average molecular weight is 377 g/mol. The summed E-state index contributed by atoms with van der Waals surface area (Å²) in [5.74, 6) is -1.98. The Kier molecular flexibility index (Phi) is 5.13. The highest BCUT2D eigenvalue weighted by Crippen LogP contribution is 2.35. The minimum absolute atomic E-state index is 0.140. The molecule has 1 heterocycles. The first-order valence-electron chi connectivity index (χ1n) is 8.59. The number of allylic oxidation sites excluding steroid dienone is 1. The third-order valence-corrected chi connectivity index (χ3v) is 4.55. The Bertz CT molecular complexity index is 1010. The number of rotatable bonds is 4. The van der Waals surface area contributed by atoms with Gasteiger partial charge in [0, 0.05) is 11.4 Å². The molecule has 1 aliphatic heterocycles. The van der Waals surface area contributed by atoms with Gasteiger partial charge in [-0.05, 0) is 49.8 Å². The van der Waals surface area contributed by atoms with Gasteiger partial charge in [-0.15, -0.1) is 0 Å². The molecule has 142 valence electrons. The maximum atomic E-state index is 13.1. The van der Waals surface area contributed by atoms with Gasteiger partial charge in [0.1, 0.15) is 0 Å². The lowest BCUT2D eigenvalue weighted by molar-refractivity contribution is -0.136. The number of esters is 1. The summed E-state index contributed by atoms with van der Waals surface area (Å²) in [7, 11) is 1.26. The molecule has 0 spiro atoms. The van der Waals surface area contributed by atoms with E-state index >= 15 is 0 Å². The number of amides is 1. The fourth-order valence-corrected chi connectivity index (χ4v) is 3.07. The van der Waals surface area contributed by atoms with E-state index in [2.05, 4.69) is 0 Å². The summed E-state index contributed by atoms with van der Waals surface area (Å²) < 4.78 is 4.88. The number of ether oxygens (including phenoxy) is 1. The van der Waals surface area contributed by atoms with E-state index in [0.29, 0.717) is 16.9 Å². The molecule has 0 atom stereocenters. The molecule has 3 rings (SSSR count). The van der Waals surface area contributed by atoms with Gasteiger partial charge in [-0.3, -0.25) is 9.69 Å². The normalized spacial score (nSPS) is 15.3. The number of aryl methyl sites for hydroxylation is 1. The number of hydrogen-bond donors (Lipinski definition) is 1. The highest BCUT2D eigenvalue weighted by atomic mass is 16.5. The lowest BCUT2D eigenvalue weighted by Crippen LogP contribution is -2.24. The number of anilines is 1. The van der Waals surface area contributed by atoms with Crippen LogP contribution in [0.15, 0.2) is 65.4 Å². The van der Waals surface area contributed by atoms with Gasteiger partial charge in [0.05, 0.1) is 23.8 Å². The van der Waals surface area contributed by atoms with E-state index in [1.54, 1.807) is 25.1 Å². The van der Waals surface area contributed by atoms with Crippen LogP contribution in [-0.4, -0.2) is 30.1 Å². The van der Waals surface area contributed by atoms with Crippen LogP contribution in [0.5, 0.6) is 0 Å². The van der Waals surface area contributed by atoms with Gasteiger partial charge in [-0.25, -0.2) is 9.59 Å². The zero-order chi connectivity index (χ0) is 20.4. The fraction of sp³-hybridized carbons (Fsp3) is 0.136. The standard InChI is InChI=1S/C22H19NO5/c1-13-4-10-17(11-5-13)23-14(2)19(22(27)28-3)18(20(23)24)12-15-6-8-16(9-7-15)21(25)26/h4-12H,1-3H3,(H,25,26)/b18-12-. The number of carboxylic acid groups (broad SMARTS) is 1. The average Bonchev–Trinajstić information content (AvgIpc) is 2.92. The quantitative estimate of drug-likeness (QED) is 0.650. The molecule has 0 radical (unpaired) electrons. The van der Waals surface area contributed by atoms with Crippen LogP contribution in [-0.2, 0) is 14.3 Å². The molecule has 0 aliphatic carbocycles. The van der Waals surface area contributed by atoms with Gasteiger partial charge >= 0.3 is 11.9 Å². The Balaban J connectivity index is 2.08. The minimum Gasteiger partial charge on any atom is -0.478 e. The Morgan fingerprint density at radius 1 is 1.00 bits per heavy atom. The monoisotopic (exact) mass is 377 g/mol. The van der Waals surface area contributed by atoms with Crippen LogP contribution in [0.4, 0.5) is 5.69 Å². The maximum Gasteiger partial charge on any atom is 0.340 e. The zero-order valence-electron chi connectivity index (χ0n) is 15.7. The minimum atomic E-state index is -1.03. The summed E-state index contributed by atoms with van der Waals surface area (Å²) >= 11 is 0. The van der Waals surface area contributed by atoms with E-state index in [9.17, 15) is 14.4 Å². The lowest BCUT2D eigenvalue weighted by atomic mass is 10.0. The first kappa shape index (κ1) is 19.1.